The van der Waals surface area contributed by atoms with E-state index in [1.54, 1.807) is 12.1 Å². The van der Waals surface area contributed by atoms with Gasteiger partial charge in [-0.05, 0) is 30.3 Å². The quantitative estimate of drug-likeness (QED) is 0.788. The second-order valence-corrected chi connectivity index (χ2v) is 5.38. The lowest BCUT2D eigenvalue weighted by molar-refractivity contribution is -0.137. The lowest BCUT2D eigenvalue weighted by Crippen LogP contribution is -2.28. The first-order valence-corrected chi connectivity index (χ1v) is 7.80. The number of methoxy groups -OCH3 is 3. The minimum absolute atomic E-state index is 0.0293. The van der Waals surface area contributed by atoms with Crippen molar-refractivity contribution in [3.8, 4) is 17.2 Å². The van der Waals surface area contributed by atoms with Crippen LogP contribution in [-0.4, -0.2) is 27.4 Å². The van der Waals surface area contributed by atoms with E-state index in [1.165, 1.54) is 33.5 Å². The summed E-state index contributed by atoms with van der Waals surface area (Å²) in [5.74, 6) is 1.22. The van der Waals surface area contributed by atoms with E-state index in [1.807, 2.05) is 0 Å². The van der Waals surface area contributed by atoms with Crippen LogP contribution >= 0.6 is 0 Å². The summed E-state index contributed by atoms with van der Waals surface area (Å²) in [6.45, 7) is 0.0638. The van der Waals surface area contributed by atoms with Gasteiger partial charge in [0.1, 0.15) is 0 Å². The summed E-state index contributed by atoms with van der Waals surface area (Å²) in [6.07, 6.45) is -4.48. The van der Waals surface area contributed by atoms with Crippen LogP contribution < -0.4 is 24.8 Å². The zero-order valence-electron chi connectivity index (χ0n) is 14.9. The molecule has 2 aromatic rings. The number of carbonyl (C=O) groups excluding carboxylic acids is 1. The van der Waals surface area contributed by atoms with E-state index >= 15 is 0 Å². The van der Waals surface area contributed by atoms with Crippen LogP contribution in [0.1, 0.15) is 11.1 Å². The van der Waals surface area contributed by atoms with Crippen molar-refractivity contribution < 1.29 is 32.2 Å². The number of halogens is 3. The molecule has 0 unspecified atom stereocenters. The Morgan fingerprint density at radius 1 is 1.00 bits per heavy atom. The van der Waals surface area contributed by atoms with Crippen LogP contribution in [0.25, 0.3) is 0 Å². The second kappa shape index (κ2) is 8.52. The van der Waals surface area contributed by atoms with E-state index < -0.39 is 17.8 Å². The Balaban J connectivity index is 2.08. The van der Waals surface area contributed by atoms with E-state index in [0.29, 0.717) is 22.8 Å². The summed E-state index contributed by atoms with van der Waals surface area (Å²) in [5, 5.41) is 4.93. The molecule has 2 amide bonds. The maximum Gasteiger partial charge on any atom is 0.416 e. The van der Waals surface area contributed by atoms with Crippen LogP contribution in [0.4, 0.5) is 23.7 Å². The number of hydrogen-bond acceptors (Lipinski definition) is 4. The second-order valence-electron chi connectivity index (χ2n) is 5.38. The highest BCUT2D eigenvalue weighted by Crippen LogP contribution is 2.39. The molecule has 0 fully saturated rings. The van der Waals surface area contributed by atoms with E-state index in [4.69, 9.17) is 14.2 Å². The Morgan fingerprint density at radius 2 is 1.70 bits per heavy atom. The van der Waals surface area contributed by atoms with E-state index in [-0.39, 0.29) is 12.2 Å². The molecule has 0 bridgehead atoms. The van der Waals surface area contributed by atoms with Crippen LogP contribution in [0, 0.1) is 0 Å². The third-order valence-corrected chi connectivity index (χ3v) is 3.67. The van der Waals surface area contributed by atoms with Gasteiger partial charge in [-0.3, -0.25) is 0 Å². The molecule has 0 aliphatic carbocycles. The smallest absolute Gasteiger partial charge is 0.416 e. The number of urea groups is 1. The van der Waals surface area contributed by atoms with Crippen molar-refractivity contribution in [2.75, 3.05) is 26.6 Å². The first-order valence-electron chi connectivity index (χ1n) is 7.80. The lowest BCUT2D eigenvalue weighted by Gasteiger charge is -2.16. The molecule has 0 aromatic heterocycles. The summed E-state index contributed by atoms with van der Waals surface area (Å²) in [6, 6.07) is 7.05. The Labute approximate surface area is 154 Å². The molecule has 0 aliphatic heterocycles. The van der Waals surface area contributed by atoms with E-state index in [9.17, 15) is 18.0 Å². The monoisotopic (exact) mass is 384 g/mol. The molecule has 6 nitrogen and oxygen atoms in total. The van der Waals surface area contributed by atoms with E-state index in [2.05, 4.69) is 10.6 Å². The van der Waals surface area contributed by atoms with Gasteiger partial charge in [-0.1, -0.05) is 6.07 Å². The summed E-state index contributed by atoms with van der Waals surface area (Å²) in [7, 11) is 4.39. The van der Waals surface area contributed by atoms with Gasteiger partial charge in [0.25, 0.3) is 0 Å². The maximum atomic E-state index is 12.7. The molecule has 0 spiro atoms. The summed E-state index contributed by atoms with van der Waals surface area (Å²) in [5.41, 5.74) is -0.210. The largest absolute Gasteiger partial charge is 0.493 e. The number of alkyl halides is 3. The van der Waals surface area contributed by atoms with Gasteiger partial charge in [0.05, 0.1) is 26.9 Å². The number of ether oxygens (including phenoxy) is 3. The molecule has 0 atom stereocenters. The highest BCUT2D eigenvalue weighted by Gasteiger charge is 2.30. The van der Waals surface area contributed by atoms with Gasteiger partial charge in [-0.2, -0.15) is 13.2 Å². The molecule has 0 saturated heterocycles. The maximum absolute atomic E-state index is 12.7. The third-order valence-electron chi connectivity index (χ3n) is 3.67. The van der Waals surface area contributed by atoms with Crippen LogP contribution in [-0.2, 0) is 12.7 Å². The molecule has 0 saturated carbocycles. The Morgan fingerprint density at radius 3 is 2.30 bits per heavy atom. The van der Waals surface area contributed by atoms with Gasteiger partial charge in [0, 0.05) is 17.8 Å². The first kappa shape index (κ1) is 20.2. The fourth-order valence-electron chi connectivity index (χ4n) is 2.43. The number of anilines is 1. The van der Waals surface area contributed by atoms with E-state index in [0.717, 1.165) is 12.1 Å². The Kier molecular flexibility index (Phi) is 6.38. The van der Waals surface area contributed by atoms with Gasteiger partial charge in [-0.25, -0.2) is 4.79 Å². The minimum atomic E-state index is -4.48. The average Bonchev–Trinajstić information content (AvgIpc) is 2.64. The predicted octanol–water partition coefficient (Wildman–Crippen LogP) is 4.05. The fourth-order valence-corrected chi connectivity index (χ4v) is 2.43. The molecule has 27 heavy (non-hydrogen) atoms. The van der Waals surface area contributed by atoms with Crippen molar-refractivity contribution in [3.63, 3.8) is 0 Å². The zero-order chi connectivity index (χ0) is 20.0. The van der Waals surface area contributed by atoms with Crippen molar-refractivity contribution >= 4 is 11.7 Å². The molecule has 9 heteroatoms. The highest BCUT2D eigenvalue weighted by molar-refractivity contribution is 5.89. The van der Waals surface area contributed by atoms with Crippen molar-refractivity contribution in [1.82, 2.24) is 5.32 Å². The number of hydrogen-bond donors (Lipinski definition) is 2. The normalized spacial score (nSPS) is 10.9. The number of rotatable bonds is 6. The number of amides is 2. The van der Waals surface area contributed by atoms with Crippen LogP contribution in [0.2, 0.25) is 0 Å². The van der Waals surface area contributed by atoms with Crippen LogP contribution in [0.5, 0.6) is 17.2 Å². The molecular weight excluding hydrogens is 365 g/mol. The molecule has 2 N–H and O–H groups in total. The third kappa shape index (κ3) is 4.96. The molecule has 0 aliphatic rings. The summed E-state index contributed by atoms with van der Waals surface area (Å²) >= 11 is 0. The lowest BCUT2D eigenvalue weighted by atomic mass is 10.1. The minimum Gasteiger partial charge on any atom is -0.493 e. The molecular formula is C18H19F3N2O4. The number of benzene rings is 2. The van der Waals surface area contributed by atoms with Gasteiger partial charge in [-0.15, -0.1) is 0 Å². The van der Waals surface area contributed by atoms with Gasteiger partial charge in [0.2, 0.25) is 5.75 Å². The van der Waals surface area contributed by atoms with Gasteiger partial charge >= 0.3 is 12.2 Å². The topological polar surface area (TPSA) is 68.8 Å². The Bertz CT molecular complexity index is 810. The molecule has 146 valence electrons. The molecule has 2 rings (SSSR count). The summed E-state index contributed by atoms with van der Waals surface area (Å²) in [4.78, 5) is 12.0. The standard InChI is InChI=1S/C18H19F3N2O4/c1-25-14-8-7-11(15(26-2)16(14)27-3)10-22-17(24)23-13-6-4-5-12(9-13)18(19,20)21/h4-9H,10H2,1-3H3,(H2,22,23,24). The van der Waals surface area contributed by atoms with Crippen molar-refractivity contribution in [2.45, 2.75) is 12.7 Å². The summed E-state index contributed by atoms with van der Waals surface area (Å²) < 4.78 is 53.9. The van der Waals surface area contributed by atoms with Crippen molar-refractivity contribution in [2.24, 2.45) is 0 Å². The Hall–Kier alpha value is -3.10. The van der Waals surface area contributed by atoms with Gasteiger partial charge < -0.3 is 24.8 Å². The number of nitrogens with one attached hydrogen (secondary N) is 2. The predicted molar refractivity (Wildman–Crippen MR) is 93.4 cm³/mol. The van der Waals surface area contributed by atoms with Crippen LogP contribution in [0.15, 0.2) is 36.4 Å². The van der Waals surface area contributed by atoms with Crippen molar-refractivity contribution in [1.29, 1.82) is 0 Å². The highest BCUT2D eigenvalue weighted by atomic mass is 19.4. The first-order chi connectivity index (χ1) is 12.8. The SMILES string of the molecule is COc1ccc(CNC(=O)Nc2cccc(C(F)(F)F)c2)c(OC)c1OC. The number of carbonyl (C=O) groups is 1. The average molecular weight is 384 g/mol. The van der Waals surface area contributed by atoms with Crippen LogP contribution in [0.3, 0.4) is 0 Å². The molecule has 0 radical (unpaired) electrons. The molecule has 2 aromatic carbocycles. The van der Waals surface area contributed by atoms with Crippen molar-refractivity contribution in [3.05, 3.63) is 47.5 Å². The molecule has 0 heterocycles. The zero-order valence-corrected chi connectivity index (χ0v) is 14.9. The fraction of sp³-hybridized carbons (Fsp3) is 0.278. The van der Waals surface area contributed by atoms with Gasteiger partial charge in [0.15, 0.2) is 11.5 Å².